The summed E-state index contributed by atoms with van der Waals surface area (Å²) in [5, 5.41) is 6.85. The molecule has 3 heterocycles. The predicted octanol–water partition coefficient (Wildman–Crippen LogP) is 5.56. The molecule has 0 radical (unpaired) electrons. The highest BCUT2D eigenvalue weighted by Crippen LogP contribution is 2.48. The van der Waals surface area contributed by atoms with Gasteiger partial charge in [-0.25, -0.2) is 9.40 Å². The standard InChI is InChI=1S/C23H16BrFN2O3/c24-15-5-7-20-17(10-15)19-11-18(13-4-6-21-22(9-13)29-12-28-21)26-27(19)23(30-20)14-2-1-3-16(25)8-14/h1-10,19,23H,11-12H2/t19-,23+/m0/s1. The van der Waals surface area contributed by atoms with E-state index >= 15 is 0 Å². The van der Waals surface area contributed by atoms with Crippen LogP contribution in [0.5, 0.6) is 17.2 Å². The third kappa shape index (κ3) is 2.84. The highest BCUT2D eigenvalue weighted by molar-refractivity contribution is 9.10. The number of rotatable bonds is 2. The van der Waals surface area contributed by atoms with Gasteiger partial charge < -0.3 is 14.2 Å². The second-order valence-electron chi connectivity index (χ2n) is 7.42. The molecule has 5 nitrogen and oxygen atoms in total. The van der Waals surface area contributed by atoms with E-state index in [9.17, 15) is 4.39 Å². The summed E-state index contributed by atoms with van der Waals surface area (Å²) in [5.74, 6) is 1.95. The highest BCUT2D eigenvalue weighted by atomic mass is 79.9. The van der Waals surface area contributed by atoms with Gasteiger partial charge >= 0.3 is 0 Å². The first-order valence-corrected chi connectivity index (χ1v) is 10.4. The molecule has 3 aromatic carbocycles. The summed E-state index contributed by atoms with van der Waals surface area (Å²) in [6.45, 7) is 0.233. The summed E-state index contributed by atoms with van der Waals surface area (Å²) in [4.78, 5) is 0. The summed E-state index contributed by atoms with van der Waals surface area (Å²) in [5.41, 5.74) is 3.68. The first kappa shape index (κ1) is 17.8. The lowest BCUT2D eigenvalue weighted by molar-refractivity contribution is -0.0192. The number of benzene rings is 3. The Labute approximate surface area is 180 Å². The molecule has 30 heavy (non-hydrogen) atoms. The zero-order valence-corrected chi connectivity index (χ0v) is 17.3. The van der Waals surface area contributed by atoms with E-state index in [1.54, 1.807) is 6.07 Å². The van der Waals surface area contributed by atoms with E-state index in [1.165, 1.54) is 12.1 Å². The topological polar surface area (TPSA) is 43.3 Å². The molecule has 0 fully saturated rings. The largest absolute Gasteiger partial charge is 0.464 e. The lowest BCUT2D eigenvalue weighted by Crippen LogP contribution is -2.33. The molecule has 0 N–H and O–H groups in total. The quantitative estimate of drug-likeness (QED) is 0.495. The van der Waals surface area contributed by atoms with Crippen molar-refractivity contribution in [3.63, 3.8) is 0 Å². The van der Waals surface area contributed by atoms with Gasteiger partial charge in [0.1, 0.15) is 11.6 Å². The first-order valence-electron chi connectivity index (χ1n) is 9.63. The number of ether oxygens (including phenoxy) is 3. The molecule has 6 rings (SSSR count). The Morgan fingerprint density at radius 1 is 0.967 bits per heavy atom. The smallest absolute Gasteiger partial charge is 0.231 e. The van der Waals surface area contributed by atoms with E-state index in [-0.39, 0.29) is 18.7 Å². The minimum absolute atomic E-state index is 0.0139. The normalized spacial score (nSPS) is 21.0. The summed E-state index contributed by atoms with van der Waals surface area (Å²) in [7, 11) is 0. The summed E-state index contributed by atoms with van der Waals surface area (Å²) in [6, 6.07) is 18.3. The Hall–Kier alpha value is -3.06. The molecule has 0 unspecified atom stereocenters. The SMILES string of the molecule is Fc1cccc([C@H]2Oc3ccc(Br)cc3[C@@H]3CC(c4ccc5c(c4)OCO5)=NN23)c1. The third-order valence-electron chi connectivity index (χ3n) is 5.59. The third-order valence-corrected chi connectivity index (χ3v) is 6.08. The fraction of sp³-hybridized carbons (Fsp3) is 0.174. The van der Waals surface area contributed by atoms with Crippen molar-refractivity contribution in [2.45, 2.75) is 18.7 Å². The minimum atomic E-state index is -0.508. The molecule has 0 amide bonds. The van der Waals surface area contributed by atoms with Crippen molar-refractivity contribution in [1.29, 1.82) is 0 Å². The number of hydrogen-bond donors (Lipinski definition) is 0. The van der Waals surface area contributed by atoms with Gasteiger partial charge in [0.05, 0.1) is 11.8 Å². The van der Waals surface area contributed by atoms with Crippen LogP contribution in [0.4, 0.5) is 4.39 Å². The minimum Gasteiger partial charge on any atom is -0.464 e. The van der Waals surface area contributed by atoms with Crippen molar-refractivity contribution in [3.05, 3.63) is 87.6 Å². The van der Waals surface area contributed by atoms with Gasteiger partial charge in [0.15, 0.2) is 11.5 Å². The number of fused-ring (bicyclic) bond motifs is 4. The maximum absolute atomic E-state index is 13.9. The molecule has 3 aliphatic heterocycles. The zero-order chi connectivity index (χ0) is 20.2. The lowest BCUT2D eigenvalue weighted by atomic mass is 9.96. The average Bonchev–Trinajstić information content (AvgIpc) is 3.40. The van der Waals surface area contributed by atoms with Crippen molar-refractivity contribution in [3.8, 4) is 17.2 Å². The molecule has 0 saturated carbocycles. The summed E-state index contributed by atoms with van der Waals surface area (Å²) >= 11 is 3.56. The van der Waals surface area contributed by atoms with E-state index < -0.39 is 6.23 Å². The number of hydrazone groups is 1. The van der Waals surface area contributed by atoms with Crippen LogP contribution in [0.25, 0.3) is 0 Å². The van der Waals surface area contributed by atoms with E-state index in [4.69, 9.17) is 19.3 Å². The Morgan fingerprint density at radius 3 is 2.73 bits per heavy atom. The van der Waals surface area contributed by atoms with Crippen LogP contribution < -0.4 is 14.2 Å². The van der Waals surface area contributed by atoms with Gasteiger partial charge in [-0.3, -0.25) is 0 Å². The fourth-order valence-corrected chi connectivity index (χ4v) is 4.57. The molecule has 150 valence electrons. The summed E-state index contributed by atoms with van der Waals surface area (Å²) < 4.78 is 32.2. The Morgan fingerprint density at radius 2 is 1.83 bits per heavy atom. The second-order valence-corrected chi connectivity index (χ2v) is 8.34. The highest BCUT2D eigenvalue weighted by Gasteiger charge is 2.41. The molecule has 0 aromatic heterocycles. The first-order chi connectivity index (χ1) is 14.7. The van der Waals surface area contributed by atoms with Crippen molar-refractivity contribution in [2.24, 2.45) is 5.10 Å². The van der Waals surface area contributed by atoms with E-state index in [0.29, 0.717) is 6.42 Å². The number of hydrogen-bond acceptors (Lipinski definition) is 5. The molecular formula is C23H16BrFN2O3. The number of nitrogens with zero attached hydrogens (tertiary/aromatic N) is 2. The second kappa shape index (κ2) is 6.74. The van der Waals surface area contributed by atoms with Crippen molar-refractivity contribution < 1.29 is 18.6 Å². The Balaban J connectivity index is 1.44. The van der Waals surface area contributed by atoms with Gasteiger partial charge in [-0.2, -0.15) is 5.10 Å². The van der Waals surface area contributed by atoms with Gasteiger partial charge in [0, 0.05) is 27.6 Å². The van der Waals surface area contributed by atoms with Crippen molar-refractivity contribution in [2.75, 3.05) is 6.79 Å². The fourth-order valence-electron chi connectivity index (χ4n) is 4.19. The maximum Gasteiger partial charge on any atom is 0.231 e. The lowest BCUT2D eigenvalue weighted by Gasteiger charge is -2.38. The van der Waals surface area contributed by atoms with Gasteiger partial charge in [0.2, 0.25) is 13.0 Å². The molecule has 0 spiro atoms. The van der Waals surface area contributed by atoms with Crippen LogP contribution in [-0.2, 0) is 0 Å². The van der Waals surface area contributed by atoms with Crippen LogP contribution >= 0.6 is 15.9 Å². The van der Waals surface area contributed by atoms with Crippen LogP contribution in [0.15, 0.2) is 70.2 Å². The van der Waals surface area contributed by atoms with Gasteiger partial charge in [-0.1, -0.05) is 28.1 Å². The molecule has 0 aliphatic carbocycles. The zero-order valence-electron chi connectivity index (χ0n) is 15.7. The van der Waals surface area contributed by atoms with Gasteiger partial charge in [0.25, 0.3) is 0 Å². The molecule has 3 aromatic rings. The monoisotopic (exact) mass is 466 g/mol. The van der Waals surface area contributed by atoms with Crippen molar-refractivity contribution >= 4 is 21.6 Å². The molecular weight excluding hydrogens is 451 g/mol. The average molecular weight is 467 g/mol. The molecule has 0 bridgehead atoms. The van der Waals surface area contributed by atoms with Crippen LogP contribution in [0.1, 0.15) is 35.4 Å². The maximum atomic E-state index is 13.9. The van der Waals surface area contributed by atoms with Gasteiger partial charge in [-0.15, -0.1) is 0 Å². The van der Waals surface area contributed by atoms with Crippen LogP contribution in [0.2, 0.25) is 0 Å². The van der Waals surface area contributed by atoms with Crippen LogP contribution in [0.3, 0.4) is 0 Å². The Bertz CT molecular complexity index is 1200. The molecule has 3 aliphatic rings. The van der Waals surface area contributed by atoms with E-state index in [1.807, 2.05) is 41.4 Å². The van der Waals surface area contributed by atoms with E-state index in [2.05, 4.69) is 22.0 Å². The van der Waals surface area contributed by atoms with Crippen LogP contribution in [0, 0.1) is 5.82 Å². The van der Waals surface area contributed by atoms with Gasteiger partial charge in [-0.05, 0) is 48.5 Å². The van der Waals surface area contributed by atoms with Crippen LogP contribution in [-0.4, -0.2) is 17.5 Å². The summed E-state index contributed by atoms with van der Waals surface area (Å²) in [6.07, 6.45) is 0.198. The number of halogens is 2. The molecule has 0 saturated heterocycles. The molecule has 2 atom stereocenters. The van der Waals surface area contributed by atoms with E-state index in [0.717, 1.165) is 44.1 Å². The Kier molecular flexibility index (Phi) is 3.99. The molecule has 7 heteroatoms. The van der Waals surface area contributed by atoms with Crippen molar-refractivity contribution in [1.82, 2.24) is 5.01 Å². The predicted molar refractivity (Wildman–Crippen MR) is 112 cm³/mol.